The third-order valence-corrected chi connectivity index (χ3v) is 13.9. The Labute approximate surface area is 398 Å². The van der Waals surface area contributed by atoms with Crippen LogP contribution in [-0.4, -0.2) is 95.4 Å². The molecule has 6 N–H and O–H groups in total. The summed E-state index contributed by atoms with van der Waals surface area (Å²) in [6, 6.07) is -0.852. The fraction of sp³-hybridized carbons (Fsp3) is 0.981. The fourth-order valence-electron chi connectivity index (χ4n) is 9.17. The number of aliphatic hydroxyl groups excluding tert-OH is 4. The van der Waals surface area contributed by atoms with E-state index < -0.39 is 59.9 Å². The van der Waals surface area contributed by atoms with E-state index in [0.29, 0.717) is 12.8 Å². The molecule has 0 aromatic rings. The monoisotopic (exact) mass is 950 g/mol. The highest BCUT2D eigenvalue weighted by molar-refractivity contribution is 7.80. The Morgan fingerprint density at radius 2 is 0.892 bits per heavy atom. The van der Waals surface area contributed by atoms with Crippen LogP contribution in [0.15, 0.2) is 0 Å². The van der Waals surface area contributed by atoms with Crippen LogP contribution in [0.4, 0.5) is 0 Å². The molecule has 0 aromatic carbocycles. The van der Waals surface area contributed by atoms with E-state index in [1.807, 2.05) is 0 Å². The number of nitrogens with one attached hydrogen (secondary N) is 1. The van der Waals surface area contributed by atoms with Gasteiger partial charge in [0.25, 0.3) is 0 Å². The number of aliphatic hydroxyl groups is 4. The number of carbonyl (C=O) groups is 1. The van der Waals surface area contributed by atoms with Crippen molar-refractivity contribution in [1.29, 1.82) is 0 Å². The zero-order valence-corrected chi connectivity index (χ0v) is 42.7. The number of carbonyl (C=O) groups excluding carboxylic acids is 1. The van der Waals surface area contributed by atoms with Gasteiger partial charge in [0.15, 0.2) is 6.29 Å². The Morgan fingerprint density at radius 3 is 1.23 bits per heavy atom. The SMILES string of the molecule is CCCCCCCCCCCCCCCCCCCCCCC(O)C(COC1OC(CO)C(O)C(OS(=O)(=O)O)C1O)NC(=O)CCCCCCCCCCCCCCCCCCCC. The first-order valence-electron chi connectivity index (χ1n) is 27.4. The molecule has 0 spiro atoms. The second kappa shape index (κ2) is 43.1. The molecule has 1 aliphatic rings. The minimum atomic E-state index is -5.08. The Hall–Kier alpha value is -0.900. The molecule has 0 aliphatic carbocycles. The summed E-state index contributed by atoms with van der Waals surface area (Å²) in [6.07, 6.45) is 39.5. The summed E-state index contributed by atoms with van der Waals surface area (Å²) in [4.78, 5) is 13.1. The van der Waals surface area contributed by atoms with E-state index in [1.165, 1.54) is 193 Å². The van der Waals surface area contributed by atoms with Crippen molar-refractivity contribution in [2.24, 2.45) is 0 Å². The molecule has 7 unspecified atom stereocenters. The first-order chi connectivity index (χ1) is 31.5. The van der Waals surface area contributed by atoms with Gasteiger partial charge in [0.05, 0.1) is 25.4 Å². The lowest BCUT2D eigenvalue weighted by atomic mass is 9.99. The summed E-state index contributed by atoms with van der Waals surface area (Å²) >= 11 is 0. The second-order valence-electron chi connectivity index (χ2n) is 19.5. The van der Waals surface area contributed by atoms with Crippen LogP contribution in [0.1, 0.15) is 271 Å². The number of hydrogen-bond donors (Lipinski definition) is 6. The molecule has 12 nitrogen and oxygen atoms in total. The Morgan fingerprint density at radius 1 is 0.554 bits per heavy atom. The van der Waals surface area contributed by atoms with Crippen molar-refractivity contribution >= 4 is 16.3 Å². The molecule has 7 atom stereocenters. The lowest BCUT2D eigenvalue weighted by Crippen LogP contribution is -2.61. The standard InChI is InChI=1S/C52H103NO11S/c1-3-5-7-9-11-13-15-17-19-21-23-24-25-27-29-31-33-35-37-39-41-46(55)45(44-62-52-50(58)51(64-65(59,60)61)49(57)47(43-54)63-52)53-48(56)42-40-38-36-34-32-30-28-26-22-20-18-16-14-12-10-8-6-4-2/h45-47,49-52,54-55,57-58H,3-44H2,1-2H3,(H,53,56)(H,59,60,61). The molecule has 0 bridgehead atoms. The molecule has 13 heteroatoms. The topological polar surface area (TPSA) is 192 Å². The molecule has 0 radical (unpaired) electrons. The highest BCUT2D eigenvalue weighted by Gasteiger charge is 2.48. The van der Waals surface area contributed by atoms with Crippen LogP contribution in [-0.2, 0) is 28.9 Å². The van der Waals surface area contributed by atoms with Gasteiger partial charge in [-0.1, -0.05) is 251 Å². The maximum atomic E-state index is 13.1. The minimum Gasteiger partial charge on any atom is -0.394 e. The van der Waals surface area contributed by atoms with E-state index in [9.17, 15) is 38.2 Å². The predicted octanol–water partition coefficient (Wildman–Crippen LogP) is 12.1. The first kappa shape index (κ1) is 62.1. The summed E-state index contributed by atoms with van der Waals surface area (Å²) in [7, 11) is -5.08. The molecule has 1 heterocycles. The van der Waals surface area contributed by atoms with Crippen molar-refractivity contribution in [3.05, 3.63) is 0 Å². The van der Waals surface area contributed by atoms with Gasteiger partial charge in [-0.15, -0.1) is 0 Å². The quantitative estimate of drug-likeness (QED) is 0.0251. The normalized spacial score (nSPS) is 20.0. The van der Waals surface area contributed by atoms with Crippen molar-refractivity contribution in [2.75, 3.05) is 13.2 Å². The van der Waals surface area contributed by atoms with Gasteiger partial charge in [0.1, 0.15) is 24.4 Å². The van der Waals surface area contributed by atoms with E-state index in [4.69, 9.17) is 9.47 Å². The summed E-state index contributed by atoms with van der Waals surface area (Å²) in [5.41, 5.74) is 0. The lowest BCUT2D eigenvalue weighted by Gasteiger charge is -2.41. The van der Waals surface area contributed by atoms with Gasteiger partial charge in [-0.3, -0.25) is 9.35 Å². The smallest absolute Gasteiger partial charge is 0.394 e. The number of unbranched alkanes of at least 4 members (excludes halogenated alkanes) is 36. The molecule has 1 fully saturated rings. The van der Waals surface area contributed by atoms with Crippen molar-refractivity contribution in [1.82, 2.24) is 5.32 Å². The summed E-state index contributed by atoms with van der Waals surface area (Å²) in [6.45, 7) is 3.49. The van der Waals surface area contributed by atoms with Gasteiger partial charge in [0.2, 0.25) is 5.91 Å². The molecule has 388 valence electrons. The second-order valence-corrected chi connectivity index (χ2v) is 20.6. The highest BCUT2D eigenvalue weighted by Crippen LogP contribution is 2.26. The van der Waals surface area contributed by atoms with Gasteiger partial charge >= 0.3 is 10.4 Å². The maximum Gasteiger partial charge on any atom is 0.397 e. The van der Waals surface area contributed by atoms with Crippen LogP contribution < -0.4 is 5.32 Å². The van der Waals surface area contributed by atoms with Gasteiger partial charge < -0.3 is 35.2 Å². The third-order valence-electron chi connectivity index (χ3n) is 13.4. The minimum absolute atomic E-state index is 0.223. The van der Waals surface area contributed by atoms with Crippen molar-refractivity contribution in [3.8, 4) is 0 Å². The highest BCUT2D eigenvalue weighted by atomic mass is 32.3. The van der Waals surface area contributed by atoms with Crippen LogP contribution in [0.3, 0.4) is 0 Å². The number of ether oxygens (including phenoxy) is 2. The van der Waals surface area contributed by atoms with Crippen molar-refractivity contribution in [3.63, 3.8) is 0 Å². The molecular weight excluding hydrogens is 847 g/mol. The average molecular weight is 950 g/mol. The number of rotatable bonds is 48. The molecule has 1 rings (SSSR count). The number of hydrogen-bond acceptors (Lipinski definition) is 10. The van der Waals surface area contributed by atoms with Crippen molar-refractivity contribution in [2.45, 2.75) is 314 Å². The summed E-state index contributed by atoms with van der Waals surface area (Å²) < 4.78 is 47.9. The van der Waals surface area contributed by atoms with Gasteiger partial charge in [-0.2, -0.15) is 8.42 Å². The van der Waals surface area contributed by atoms with Crippen LogP contribution in [0.2, 0.25) is 0 Å². The van der Waals surface area contributed by atoms with E-state index >= 15 is 0 Å². The Kier molecular flexibility index (Phi) is 41.2. The first-order valence-corrected chi connectivity index (χ1v) is 28.8. The summed E-state index contributed by atoms with van der Waals surface area (Å²) in [5, 5.41) is 45.1. The van der Waals surface area contributed by atoms with Crippen LogP contribution in [0.5, 0.6) is 0 Å². The average Bonchev–Trinajstić information content (AvgIpc) is 3.28. The van der Waals surface area contributed by atoms with Gasteiger partial charge in [0, 0.05) is 6.42 Å². The zero-order chi connectivity index (χ0) is 47.6. The Balaban J connectivity index is 2.38. The zero-order valence-electron chi connectivity index (χ0n) is 41.8. The Bertz CT molecular complexity index is 1160. The van der Waals surface area contributed by atoms with E-state index in [-0.39, 0.29) is 12.5 Å². The maximum absolute atomic E-state index is 13.1. The molecule has 65 heavy (non-hydrogen) atoms. The number of amides is 1. The molecular formula is C52H103NO11S. The van der Waals surface area contributed by atoms with Gasteiger partial charge in [-0.05, 0) is 12.8 Å². The largest absolute Gasteiger partial charge is 0.397 e. The molecule has 1 saturated heterocycles. The molecule has 1 aliphatic heterocycles. The van der Waals surface area contributed by atoms with Crippen LogP contribution in [0.25, 0.3) is 0 Å². The van der Waals surface area contributed by atoms with E-state index in [2.05, 4.69) is 23.3 Å². The van der Waals surface area contributed by atoms with Gasteiger partial charge in [-0.25, -0.2) is 4.18 Å². The van der Waals surface area contributed by atoms with Crippen LogP contribution in [0, 0.1) is 0 Å². The van der Waals surface area contributed by atoms with Crippen LogP contribution >= 0.6 is 0 Å². The molecule has 0 aromatic heterocycles. The van der Waals surface area contributed by atoms with E-state index in [1.54, 1.807) is 0 Å². The molecule has 1 amide bonds. The molecule has 0 saturated carbocycles. The van der Waals surface area contributed by atoms with Crippen molar-refractivity contribution < 1.29 is 51.8 Å². The summed E-state index contributed by atoms with van der Waals surface area (Å²) in [5.74, 6) is -0.223. The fourth-order valence-corrected chi connectivity index (χ4v) is 9.68. The third kappa shape index (κ3) is 35.8. The predicted molar refractivity (Wildman–Crippen MR) is 264 cm³/mol. The lowest BCUT2D eigenvalue weighted by molar-refractivity contribution is -0.298. The van der Waals surface area contributed by atoms with E-state index in [0.717, 1.165) is 51.4 Å².